The van der Waals surface area contributed by atoms with Crippen LogP contribution in [0.5, 0.6) is 0 Å². The van der Waals surface area contributed by atoms with Crippen molar-refractivity contribution in [3.63, 3.8) is 0 Å². The molecule has 0 unspecified atom stereocenters. The maximum absolute atomic E-state index is 2.44. The molecule has 1 heterocycles. The third-order valence-electron chi connectivity index (χ3n) is 10.3. The summed E-state index contributed by atoms with van der Waals surface area (Å²) in [6, 6.07) is 72.7. The second-order valence-electron chi connectivity index (χ2n) is 13.3. The lowest BCUT2D eigenvalue weighted by Gasteiger charge is -2.29. The average Bonchev–Trinajstić information content (AvgIpc) is 3.63. The summed E-state index contributed by atoms with van der Waals surface area (Å²) in [4.78, 5) is 2.44. The van der Waals surface area contributed by atoms with Gasteiger partial charge in [-0.3, -0.25) is 0 Å². The minimum Gasteiger partial charge on any atom is -0.310 e. The minimum atomic E-state index is 1.11. The first kappa shape index (κ1) is 30.4. The van der Waals surface area contributed by atoms with Gasteiger partial charge >= 0.3 is 0 Å². The smallest absolute Gasteiger partial charge is 0.0547 e. The van der Waals surface area contributed by atoms with Crippen LogP contribution in [0.3, 0.4) is 0 Å². The highest BCUT2D eigenvalue weighted by Crippen LogP contribution is 2.51. The number of rotatable bonds is 6. The van der Waals surface area contributed by atoms with E-state index in [9.17, 15) is 0 Å². The topological polar surface area (TPSA) is 3.24 Å². The third kappa shape index (κ3) is 5.07. The molecule has 52 heavy (non-hydrogen) atoms. The Morgan fingerprint density at radius 3 is 1.27 bits per heavy atom. The van der Waals surface area contributed by atoms with Gasteiger partial charge < -0.3 is 4.90 Å². The van der Waals surface area contributed by atoms with Gasteiger partial charge in [0.05, 0.1) is 5.69 Å². The molecule has 0 radical (unpaired) electrons. The molecule has 1 nitrogen and oxygen atoms in total. The molecule has 2 heteroatoms. The number of hydrogen-bond donors (Lipinski definition) is 0. The first-order chi connectivity index (χ1) is 25.8. The van der Waals surface area contributed by atoms with E-state index >= 15 is 0 Å². The van der Waals surface area contributed by atoms with Crippen molar-refractivity contribution in [1.82, 2.24) is 0 Å². The van der Waals surface area contributed by atoms with Gasteiger partial charge in [-0.2, -0.15) is 0 Å². The van der Waals surface area contributed by atoms with Crippen molar-refractivity contribution >= 4 is 70.1 Å². The molecule has 10 rings (SSSR count). The standard InChI is InChI=1S/C50H33NS/c1-4-14-34(15-5-1)36-24-28-39(29-25-36)51(40-30-26-37(27-31-40)35-16-6-2-7-17-35)45-32-33-46-49(47(45)38-18-8-3-9-19-38)48-43-22-12-10-20-41(43)42-21-11-13-23-44(42)50(48)52-46/h1-33H. The maximum Gasteiger partial charge on any atom is 0.0547 e. The van der Waals surface area contributed by atoms with Crippen molar-refractivity contribution in [3.8, 4) is 33.4 Å². The largest absolute Gasteiger partial charge is 0.310 e. The molecule has 0 aliphatic carbocycles. The molecule has 0 spiro atoms. The fraction of sp³-hybridized carbons (Fsp3) is 0. The summed E-state index contributed by atoms with van der Waals surface area (Å²) in [6.07, 6.45) is 0. The van der Waals surface area contributed by atoms with Crippen LogP contribution >= 0.6 is 11.3 Å². The van der Waals surface area contributed by atoms with Crippen LogP contribution < -0.4 is 4.90 Å². The monoisotopic (exact) mass is 679 g/mol. The predicted octanol–water partition coefficient (Wildman–Crippen LogP) is 14.8. The van der Waals surface area contributed by atoms with Crippen molar-refractivity contribution < 1.29 is 0 Å². The van der Waals surface area contributed by atoms with E-state index in [1.165, 1.54) is 75.1 Å². The molecule has 244 valence electrons. The van der Waals surface area contributed by atoms with Gasteiger partial charge in [-0.25, -0.2) is 0 Å². The first-order valence-electron chi connectivity index (χ1n) is 17.8. The Bertz CT molecular complexity index is 2770. The Morgan fingerprint density at radius 1 is 0.308 bits per heavy atom. The van der Waals surface area contributed by atoms with E-state index < -0.39 is 0 Å². The summed E-state index contributed by atoms with van der Waals surface area (Å²) in [5.41, 5.74) is 10.6. The van der Waals surface area contributed by atoms with Gasteiger partial charge in [-0.1, -0.05) is 164 Å². The molecule has 9 aromatic carbocycles. The Hall–Kier alpha value is -6.48. The highest BCUT2D eigenvalue weighted by Gasteiger charge is 2.24. The summed E-state index contributed by atoms with van der Waals surface area (Å²) in [5.74, 6) is 0. The number of thiophene rings is 1. The molecule has 0 atom stereocenters. The summed E-state index contributed by atoms with van der Waals surface area (Å²) < 4.78 is 2.63. The van der Waals surface area contributed by atoms with Gasteiger partial charge in [0.1, 0.15) is 0 Å². The summed E-state index contributed by atoms with van der Waals surface area (Å²) >= 11 is 1.91. The minimum absolute atomic E-state index is 1.11. The Morgan fingerprint density at radius 2 is 0.731 bits per heavy atom. The zero-order valence-electron chi connectivity index (χ0n) is 28.4. The second kappa shape index (κ2) is 12.7. The molecule has 1 aromatic heterocycles. The van der Waals surface area contributed by atoms with E-state index in [2.05, 4.69) is 205 Å². The summed E-state index contributed by atoms with van der Waals surface area (Å²) in [7, 11) is 0. The van der Waals surface area contributed by atoms with Crippen LogP contribution in [0.4, 0.5) is 17.1 Å². The van der Waals surface area contributed by atoms with Gasteiger partial charge in [-0.15, -0.1) is 11.3 Å². The molecular formula is C50H33NS. The van der Waals surface area contributed by atoms with E-state index in [4.69, 9.17) is 0 Å². The number of nitrogens with zero attached hydrogens (tertiary/aromatic N) is 1. The van der Waals surface area contributed by atoms with E-state index in [1.54, 1.807) is 0 Å². The fourth-order valence-electron chi connectivity index (χ4n) is 7.86. The van der Waals surface area contributed by atoms with Gasteiger partial charge in [-0.05, 0) is 80.4 Å². The first-order valence-corrected chi connectivity index (χ1v) is 18.6. The van der Waals surface area contributed by atoms with Crippen LogP contribution in [0.15, 0.2) is 200 Å². The van der Waals surface area contributed by atoms with E-state index in [-0.39, 0.29) is 0 Å². The van der Waals surface area contributed by atoms with E-state index in [0.717, 1.165) is 17.1 Å². The molecule has 10 aromatic rings. The Kier molecular flexibility index (Phi) is 7.41. The Balaban J connectivity index is 1.28. The van der Waals surface area contributed by atoms with Crippen LogP contribution in [-0.4, -0.2) is 0 Å². The quantitative estimate of drug-likeness (QED) is 0.158. The number of hydrogen-bond acceptors (Lipinski definition) is 2. The zero-order valence-corrected chi connectivity index (χ0v) is 29.2. The summed E-state index contributed by atoms with van der Waals surface area (Å²) in [5, 5.41) is 7.83. The average molecular weight is 680 g/mol. The SMILES string of the molecule is c1ccc(-c2ccc(N(c3ccc(-c4ccccc4)cc3)c3ccc4sc5c6ccccc6c6ccccc6c5c4c3-c3ccccc3)cc2)cc1. The molecule has 0 saturated carbocycles. The number of fused-ring (bicyclic) bond motifs is 8. The van der Waals surface area contributed by atoms with Crippen molar-refractivity contribution in [2.75, 3.05) is 4.90 Å². The maximum atomic E-state index is 2.44. The van der Waals surface area contributed by atoms with Crippen LogP contribution in [-0.2, 0) is 0 Å². The molecule has 0 amide bonds. The van der Waals surface area contributed by atoms with Crippen LogP contribution in [0.2, 0.25) is 0 Å². The third-order valence-corrected chi connectivity index (χ3v) is 11.4. The Labute approximate surface area is 307 Å². The molecule has 0 aliphatic rings. The van der Waals surface area contributed by atoms with Crippen LogP contribution in [0.25, 0.3) is 75.1 Å². The summed E-state index contributed by atoms with van der Waals surface area (Å²) in [6.45, 7) is 0. The van der Waals surface area contributed by atoms with Gasteiger partial charge in [0, 0.05) is 42.5 Å². The fourth-order valence-corrected chi connectivity index (χ4v) is 9.12. The van der Waals surface area contributed by atoms with E-state index in [1.807, 2.05) is 11.3 Å². The molecular weight excluding hydrogens is 647 g/mol. The normalized spacial score (nSPS) is 11.5. The molecule has 0 N–H and O–H groups in total. The molecule has 0 aliphatic heterocycles. The van der Waals surface area contributed by atoms with Crippen LogP contribution in [0.1, 0.15) is 0 Å². The number of benzene rings is 9. The van der Waals surface area contributed by atoms with Crippen molar-refractivity contribution in [3.05, 3.63) is 200 Å². The van der Waals surface area contributed by atoms with Gasteiger partial charge in [0.25, 0.3) is 0 Å². The van der Waals surface area contributed by atoms with Gasteiger partial charge in [0.15, 0.2) is 0 Å². The lowest BCUT2D eigenvalue weighted by atomic mass is 9.92. The lowest BCUT2D eigenvalue weighted by molar-refractivity contribution is 1.29. The molecule has 0 fully saturated rings. The molecule has 0 bridgehead atoms. The molecule has 0 saturated heterocycles. The van der Waals surface area contributed by atoms with E-state index in [0.29, 0.717) is 0 Å². The zero-order chi connectivity index (χ0) is 34.4. The van der Waals surface area contributed by atoms with Crippen molar-refractivity contribution in [1.29, 1.82) is 0 Å². The van der Waals surface area contributed by atoms with Crippen LogP contribution in [0, 0.1) is 0 Å². The lowest BCUT2D eigenvalue weighted by Crippen LogP contribution is -2.11. The van der Waals surface area contributed by atoms with Crippen molar-refractivity contribution in [2.24, 2.45) is 0 Å². The highest BCUT2D eigenvalue weighted by molar-refractivity contribution is 7.27. The second-order valence-corrected chi connectivity index (χ2v) is 14.3. The van der Waals surface area contributed by atoms with Crippen molar-refractivity contribution in [2.45, 2.75) is 0 Å². The highest BCUT2D eigenvalue weighted by atomic mass is 32.1. The predicted molar refractivity (Wildman–Crippen MR) is 225 cm³/mol. The van der Waals surface area contributed by atoms with Gasteiger partial charge in [0.2, 0.25) is 0 Å². The number of anilines is 3.